The number of ether oxygens (including phenoxy) is 1. The summed E-state index contributed by atoms with van der Waals surface area (Å²) in [5.41, 5.74) is 0. The molecule has 0 amide bonds. The van der Waals surface area contributed by atoms with E-state index >= 15 is 0 Å². The Morgan fingerprint density at radius 1 is 1.11 bits per heavy atom. The summed E-state index contributed by atoms with van der Waals surface area (Å²) in [6.07, 6.45) is 5.83. The van der Waals surface area contributed by atoms with E-state index in [9.17, 15) is 8.42 Å². The first-order valence-corrected chi connectivity index (χ1v) is 7.56. The topological polar surface area (TPSA) is 82.3 Å². The number of pyridine rings is 1. The van der Waals surface area contributed by atoms with Crippen molar-refractivity contribution in [3.05, 3.63) is 36.7 Å². The highest BCUT2D eigenvalue weighted by Crippen LogP contribution is 2.16. The number of fused-ring (bicyclic) bond motifs is 1. The van der Waals surface area contributed by atoms with Gasteiger partial charge < -0.3 is 4.74 Å². The number of benzene rings is 1. The summed E-state index contributed by atoms with van der Waals surface area (Å²) in [5, 5.41) is 6.70. The molecule has 0 bridgehead atoms. The van der Waals surface area contributed by atoms with Gasteiger partial charge in [0.05, 0.1) is 4.90 Å². The molecule has 1 aromatic carbocycles. The normalized spacial score (nSPS) is 15.0. The minimum Gasteiger partial charge on any atom is -0.381 e. The molecule has 6 heteroatoms. The lowest BCUT2D eigenvalue weighted by atomic mass is 10.2. The molecule has 1 aromatic heterocycles. The van der Waals surface area contributed by atoms with E-state index in [0.717, 1.165) is 24.0 Å². The molecule has 2 heterocycles. The largest absolute Gasteiger partial charge is 0.381 e. The Hall–Kier alpha value is -1.50. The van der Waals surface area contributed by atoms with Gasteiger partial charge in [0, 0.05) is 31.0 Å². The van der Waals surface area contributed by atoms with E-state index < -0.39 is 10.0 Å². The fourth-order valence-electron chi connectivity index (χ4n) is 1.75. The Morgan fingerprint density at radius 3 is 2.42 bits per heavy atom. The van der Waals surface area contributed by atoms with E-state index in [-0.39, 0.29) is 4.90 Å². The van der Waals surface area contributed by atoms with Gasteiger partial charge in [0.1, 0.15) is 0 Å². The maximum atomic E-state index is 11.0. The van der Waals surface area contributed by atoms with Crippen molar-refractivity contribution < 1.29 is 13.2 Å². The Balaban J connectivity index is 0.000000224. The van der Waals surface area contributed by atoms with Crippen LogP contribution in [-0.4, -0.2) is 26.6 Å². The summed E-state index contributed by atoms with van der Waals surface area (Å²) in [5.74, 6) is 0. The van der Waals surface area contributed by atoms with E-state index in [0.29, 0.717) is 0 Å². The van der Waals surface area contributed by atoms with Gasteiger partial charge in [0.25, 0.3) is 0 Å². The predicted molar refractivity (Wildman–Crippen MR) is 73.2 cm³/mol. The van der Waals surface area contributed by atoms with Crippen LogP contribution in [0.5, 0.6) is 0 Å². The SMILES string of the molecule is C1CCOC1.NS(=O)(=O)c1ccc2cnccc2c1. The zero-order chi connectivity index (χ0) is 13.7. The number of primary sulfonamides is 1. The quantitative estimate of drug-likeness (QED) is 0.861. The second kappa shape index (κ2) is 6.10. The van der Waals surface area contributed by atoms with Gasteiger partial charge in [-0.15, -0.1) is 0 Å². The second-order valence-electron chi connectivity index (χ2n) is 4.25. The summed E-state index contributed by atoms with van der Waals surface area (Å²) in [4.78, 5) is 4.05. The molecule has 2 aromatic rings. The lowest BCUT2D eigenvalue weighted by Crippen LogP contribution is -2.11. The molecular weight excluding hydrogens is 264 g/mol. The van der Waals surface area contributed by atoms with Crippen LogP contribution in [0.1, 0.15) is 12.8 Å². The standard InChI is InChI=1S/C9H8N2O2S.C4H8O/c10-14(12,13)9-2-1-8-6-11-4-3-7(8)5-9;1-2-4-5-3-1/h1-6H,(H2,10,12,13);1-4H2. The first kappa shape index (κ1) is 13.9. The minimum atomic E-state index is -3.61. The van der Waals surface area contributed by atoms with Crippen LogP contribution in [0.4, 0.5) is 0 Å². The maximum absolute atomic E-state index is 11.0. The van der Waals surface area contributed by atoms with Crippen molar-refractivity contribution in [2.45, 2.75) is 17.7 Å². The number of hydrogen-bond donors (Lipinski definition) is 1. The van der Waals surface area contributed by atoms with Gasteiger partial charge in [-0.2, -0.15) is 0 Å². The molecule has 102 valence electrons. The van der Waals surface area contributed by atoms with E-state index in [1.165, 1.54) is 25.0 Å². The minimum absolute atomic E-state index is 0.121. The van der Waals surface area contributed by atoms with Crippen LogP contribution in [0.3, 0.4) is 0 Å². The molecule has 0 radical (unpaired) electrons. The highest BCUT2D eigenvalue weighted by molar-refractivity contribution is 7.89. The van der Waals surface area contributed by atoms with E-state index in [1.807, 2.05) is 0 Å². The van der Waals surface area contributed by atoms with Crippen molar-refractivity contribution in [2.24, 2.45) is 5.14 Å². The van der Waals surface area contributed by atoms with Crippen LogP contribution in [0.2, 0.25) is 0 Å². The van der Waals surface area contributed by atoms with Crippen LogP contribution in [-0.2, 0) is 14.8 Å². The van der Waals surface area contributed by atoms with Crippen molar-refractivity contribution in [2.75, 3.05) is 13.2 Å². The summed E-state index contributed by atoms with van der Waals surface area (Å²) in [6, 6.07) is 6.43. The number of hydrogen-bond acceptors (Lipinski definition) is 4. The van der Waals surface area contributed by atoms with Crippen LogP contribution >= 0.6 is 0 Å². The average molecular weight is 280 g/mol. The lowest BCUT2D eigenvalue weighted by molar-refractivity contribution is 0.198. The summed E-state index contributed by atoms with van der Waals surface area (Å²) in [7, 11) is -3.61. The van der Waals surface area contributed by atoms with Gasteiger partial charge in [0.15, 0.2) is 0 Å². The monoisotopic (exact) mass is 280 g/mol. The molecule has 0 atom stereocenters. The number of rotatable bonds is 1. The second-order valence-corrected chi connectivity index (χ2v) is 5.81. The van der Waals surface area contributed by atoms with E-state index in [1.54, 1.807) is 24.5 Å². The van der Waals surface area contributed by atoms with Crippen LogP contribution in [0.25, 0.3) is 10.8 Å². The first-order chi connectivity index (χ1) is 9.07. The average Bonchev–Trinajstić information content (AvgIpc) is 2.96. The number of aromatic nitrogens is 1. The first-order valence-electron chi connectivity index (χ1n) is 6.02. The number of sulfonamides is 1. The maximum Gasteiger partial charge on any atom is 0.238 e. The lowest BCUT2D eigenvalue weighted by Gasteiger charge is -2.00. The van der Waals surface area contributed by atoms with Gasteiger partial charge in [-0.25, -0.2) is 13.6 Å². The van der Waals surface area contributed by atoms with Crippen molar-refractivity contribution in [1.29, 1.82) is 0 Å². The van der Waals surface area contributed by atoms with Crippen molar-refractivity contribution >= 4 is 20.8 Å². The molecule has 1 aliphatic heterocycles. The Morgan fingerprint density at radius 2 is 1.84 bits per heavy atom. The summed E-state index contributed by atoms with van der Waals surface area (Å²) < 4.78 is 27.0. The Labute approximate surface area is 112 Å². The van der Waals surface area contributed by atoms with Gasteiger partial charge in [-0.05, 0) is 36.4 Å². The molecule has 1 saturated heterocycles. The molecular formula is C13H16N2O3S. The molecule has 3 rings (SSSR count). The van der Waals surface area contributed by atoms with E-state index in [4.69, 9.17) is 9.88 Å². The number of nitrogens with two attached hydrogens (primary N) is 1. The van der Waals surface area contributed by atoms with Crippen molar-refractivity contribution in [1.82, 2.24) is 4.98 Å². The van der Waals surface area contributed by atoms with Crippen molar-refractivity contribution in [3.8, 4) is 0 Å². The third-order valence-corrected chi connectivity index (χ3v) is 3.68. The molecule has 1 aliphatic rings. The zero-order valence-corrected chi connectivity index (χ0v) is 11.3. The smallest absolute Gasteiger partial charge is 0.238 e. The van der Waals surface area contributed by atoms with Gasteiger partial charge in [-0.1, -0.05) is 6.07 Å². The van der Waals surface area contributed by atoms with Gasteiger partial charge in [0.2, 0.25) is 10.0 Å². The molecule has 0 unspecified atom stereocenters. The van der Waals surface area contributed by atoms with Crippen LogP contribution in [0.15, 0.2) is 41.6 Å². The van der Waals surface area contributed by atoms with Gasteiger partial charge in [-0.3, -0.25) is 4.98 Å². The van der Waals surface area contributed by atoms with Crippen molar-refractivity contribution in [3.63, 3.8) is 0 Å². The van der Waals surface area contributed by atoms with E-state index in [2.05, 4.69) is 4.98 Å². The highest BCUT2D eigenvalue weighted by atomic mass is 32.2. The van der Waals surface area contributed by atoms with Crippen LogP contribution < -0.4 is 5.14 Å². The third kappa shape index (κ3) is 3.99. The highest BCUT2D eigenvalue weighted by Gasteiger charge is 2.07. The third-order valence-electron chi connectivity index (χ3n) is 2.77. The molecule has 2 N–H and O–H groups in total. The summed E-state index contributed by atoms with van der Waals surface area (Å²) >= 11 is 0. The fourth-order valence-corrected chi connectivity index (χ4v) is 2.30. The Bertz CT molecular complexity index is 644. The molecule has 0 spiro atoms. The number of nitrogens with zero attached hydrogens (tertiary/aromatic N) is 1. The van der Waals surface area contributed by atoms with Crippen LogP contribution in [0, 0.1) is 0 Å². The predicted octanol–water partition coefficient (Wildman–Crippen LogP) is 1.68. The Kier molecular flexibility index (Phi) is 4.47. The van der Waals surface area contributed by atoms with Gasteiger partial charge >= 0.3 is 0 Å². The summed E-state index contributed by atoms with van der Waals surface area (Å²) in [6.45, 7) is 2.00. The molecule has 5 nitrogen and oxygen atoms in total. The molecule has 1 fully saturated rings. The molecule has 19 heavy (non-hydrogen) atoms. The molecule has 0 aliphatic carbocycles. The zero-order valence-electron chi connectivity index (χ0n) is 10.5. The fraction of sp³-hybridized carbons (Fsp3) is 0.308. The molecule has 0 saturated carbocycles.